The molecule has 3 heteroatoms. The SMILES string of the molecule is C=CN=C(Cl)C(/C=C(/OC)C(=C)C)=C(C)C.CC. The van der Waals surface area contributed by atoms with E-state index in [1.807, 2.05) is 40.7 Å². The molecule has 0 spiro atoms. The van der Waals surface area contributed by atoms with E-state index in [4.69, 9.17) is 16.3 Å². The van der Waals surface area contributed by atoms with Crippen LogP contribution in [0.5, 0.6) is 0 Å². The van der Waals surface area contributed by atoms with Crippen molar-refractivity contribution < 1.29 is 4.74 Å². The van der Waals surface area contributed by atoms with Gasteiger partial charge >= 0.3 is 0 Å². The molecule has 0 saturated carbocycles. The Balaban J connectivity index is 0. The second-order valence-corrected chi connectivity index (χ2v) is 3.87. The molecular formula is C15H24ClNO. The lowest BCUT2D eigenvalue weighted by atomic mass is 10.1. The van der Waals surface area contributed by atoms with E-state index < -0.39 is 0 Å². The van der Waals surface area contributed by atoms with Crippen molar-refractivity contribution in [2.24, 2.45) is 4.99 Å². The third kappa shape index (κ3) is 7.13. The minimum absolute atomic E-state index is 0.394. The quantitative estimate of drug-likeness (QED) is 0.380. The van der Waals surface area contributed by atoms with Crippen LogP contribution in [0.25, 0.3) is 0 Å². The standard InChI is InChI=1S/C13H18ClNO.C2H6/c1-7-15-13(14)11(9(2)3)8-12(16-6)10(4)5;1-2/h7-8H,1,4H2,2-3,5-6H3;1-2H3/b12-8+,15-13?;. The van der Waals surface area contributed by atoms with Gasteiger partial charge in [-0.05, 0) is 32.4 Å². The highest BCUT2D eigenvalue weighted by Crippen LogP contribution is 2.17. The van der Waals surface area contributed by atoms with Gasteiger partial charge in [0, 0.05) is 11.8 Å². The zero-order chi connectivity index (χ0) is 14.7. The van der Waals surface area contributed by atoms with Crippen molar-refractivity contribution in [1.29, 1.82) is 0 Å². The first-order valence-corrected chi connectivity index (χ1v) is 6.25. The number of halogens is 1. The van der Waals surface area contributed by atoms with Crippen LogP contribution in [-0.2, 0) is 4.74 Å². The van der Waals surface area contributed by atoms with E-state index in [1.165, 1.54) is 6.20 Å². The summed E-state index contributed by atoms with van der Waals surface area (Å²) in [6.07, 6.45) is 3.24. The Labute approximate surface area is 116 Å². The van der Waals surface area contributed by atoms with Crippen LogP contribution >= 0.6 is 11.6 Å². The van der Waals surface area contributed by atoms with Gasteiger partial charge in [0.1, 0.15) is 10.9 Å². The highest BCUT2D eigenvalue weighted by molar-refractivity contribution is 6.70. The maximum absolute atomic E-state index is 6.04. The summed E-state index contributed by atoms with van der Waals surface area (Å²) < 4.78 is 5.21. The lowest BCUT2D eigenvalue weighted by molar-refractivity contribution is 0.301. The third-order valence-corrected chi connectivity index (χ3v) is 2.18. The van der Waals surface area contributed by atoms with Crippen LogP contribution in [0.3, 0.4) is 0 Å². The van der Waals surface area contributed by atoms with Crippen molar-refractivity contribution in [3.63, 3.8) is 0 Å². The largest absolute Gasteiger partial charge is 0.496 e. The van der Waals surface area contributed by atoms with Gasteiger partial charge in [0.05, 0.1) is 7.11 Å². The van der Waals surface area contributed by atoms with Crippen molar-refractivity contribution in [3.8, 4) is 0 Å². The van der Waals surface area contributed by atoms with Gasteiger partial charge < -0.3 is 4.74 Å². The second kappa shape index (κ2) is 10.8. The van der Waals surface area contributed by atoms with Gasteiger partial charge in [-0.25, -0.2) is 4.99 Å². The summed E-state index contributed by atoms with van der Waals surface area (Å²) in [7, 11) is 1.60. The molecule has 0 N–H and O–H groups in total. The normalized spacial score (nSPS) is 11.1. The zero-order valence-corrected chi connectivity index (χ0v) is 13.1. The fraction of sp³-hybridized carbons (Fsp3) is 0.400. The van der Waals surface area contributed by atoms with E-state index in [-0.39, 0.29) is 0 Å². The molecule has 0 radical (unpaired) electrons. The van der Waals surface area contributed by atoms with E-state index in [2.05, 4.69) is 18.2 Å². The van der Waals surface area contributed by atoms with Gasteiger partial charge in [-0.15, -0.1) is 0 Å². The molecule has 0 aromatic heterocycles. The Morgan fingerprint density at radius 3 is 2.00 bits per heavy atom. The predicted octanol–water partition coefficient (Wildman–Crippen LogP) is 5.24. The van der Waals surface area contributed by atoms with E-state index in [1.54, 1.807) is 7.11 Å². The maximum atomic E-state index is 6.04. The molecular weight excluding hydrogens is 246 g/mol. The summed E-state index contributed by atoms with van der Waals surface area (Å²) in [5.41, 5.74) is 2.71. The highest BCUT2D eigenvalue weighted by atomic mass is 35.5. The monoisotopic (exact) mass is 269 g/mol. The van der Waals surface area contributed by atoms with Crippen LogP contribution < -0.4 is 0 Å². The second-order valence-electron chi connectivity index (χ2n) is 3.51. The number of rotatable bonds is 5. The Hall–Kier alpha value is -1.28. The first-order valence-electron chi connectivity index (χ1n) is 5.87. The average Bonchev–Trinajstić information content (AvgIpc) is 2.32. The fourth-order valence-electron chi connectivity index (χ4n) is 1.05. The number of ether oxygens (including phenoxy) is 1. The van der Waals surface area contributed by atoms with Crippen molar-refractivity contribution in [3.05, 3.63) is 47.9 Å². The molecule has 0 fully saturated rings. The molecule has 18 heavy (non-hydrogen) atoms. The zero-order valence-electron chi connectivity index (χ0n) is 12.3. The molecule has 0 saturated heterocycles. The van der Waals surface area contributed by atoms with Gasteiger partial charge in [0.2, 0.25) is 0 Å². The fourth-order valence-corrected chi connectivity index (χ4v) is 1.36. The molecule has 0 aliphatic heterocycles. The van der Waals surface area contributed by atoms with Crippen molar-refractivity contribution in [2.75, 3.05) is 7.11 Å². The van der Waals surface area contributed by atoms with E-state index in [0.29, 0.717) is 10.9 Å². The molecule has 0 aromatic carbocycles. The molecule has 0 bridgehead atoms. The average molecular weight is 270 g/mol. The minimum atomic E-state index is 0.394. The lowest BCUT2D eigenvalue weighted by Gasteiger charge is -2.08. The number of hydrogen-bond donors (Lipinski definition) is 0. The van der Waals surface area contributed by atoms with Gasteiger partial charge in [0.15, 0.2) is 0 Å². The summed E-state index contributed by atoms with van der Waals surface area (Å²) in [5, 5.41) is 0.394. The molecule has 2 nitrogen and oxygen atoms in total. The number of hydrogen-bond acceptors (Lipinski definition) is 2. The summed E-state index contributed by atoms with van der Waals surface area (Å²) in [6, 6.07) is 0. The van der Waals surface area contributed by atoms with Crippen LogP contribution in [0.2, 0.25) is 0 Å². The molecule has 0 aliphatic rings. The molecule has 0 heterocycles. The Bertz CT molecular complexity index is 372. The number of allylic oxidation sites excluding steroid dienone is 4. The van der Waals surface area contributed by atoms with Crippen molar-refractivity contribution >= 4 is 16.8 Å². The van der Waals surface area contributed by atoms with Gasteiger partial charge in [-0.2, -0.15) is 0 Å². The maximum Gasteiger partial charge on any atom is 0.136 e. The topological polar surface area (TPSA) is 21.6 Å². The molecule has 0 atom stereocenters. The van der Waals surface area contributed by atoms with E-state index in [0.717, 1.165) is 16.7 Å². The van der Waals surface area contributed by atoms with Crippen molar-refractivity contribution in [1.82, 2.24) is 0 Å². The Morgan fingerprint density at radius 1 is 1.22 bits per heavy atom. The van der Waals surface area contributed by atoms with E-state index in [9.17, 15) is 0 Å². The van der Waals surface area contributed by atoms with Crippen LogP contribution in [0.1, 0.15) is 34.6 Å². The van der Waals surface area contributed by atoms with Crippen LogP contribution in [0.4, 0.5) is 0 Å². The Morgan fingerprint density at radius 2 is 1.72 bits per heavy atom. The molecule has 0 aromatic rings. The predicted molar refractivity (Wildman–Crippen MR) is 83.1 cm³/mol. The summed E-state index contributed by atoms with van der Waals surface area (Å²) >= 11 is 6.04. The smallest absolute Gasteiger partial charge is 0.136 e. The van der Waals surface area contributed by atoms with Crippen molar-refractivity contribution in [2.45, 2.75) is 34.6 Å². The van der Waals surface area contributed by atoms with E-state index >= 15 is 0 Å². The van der Waals surface area contributed by atoms with Crippen LogP contribution in [0.15, 0.2) is 52.9 Å². The number of methoxy groups -OCH3 is 1. The number of aliphatic imine (C=N–C) groups is 1. The molecule has 0 unspecified atom stereocenters. The van der Waals surface area contributed by atoms with Gasteiger partial charge in [0.25, 0.3) is 0 Å². The first kappa shape index (κ1) is 19.1. The van der Waals surface area contributed by atoms with Gasteiger partial charge in [-0.3, -0.25) is 0 Å². The van der Waals surface area contributed by atoms with Crippen LogP contribution in [-0.4, -0.2) is 12.3 Å². The summed E-state index contributed by atoms with van der Waals surface area (Å²) in [4.78, 5) is 3.95. The van der Waals surface area contributed by atoms with Crippen LogP contribution in [0, 0.1) is 0 Å². The first-order chi connectivity index (χ1) is 8.43. The Kier molecular flexibility index (Phi) is 11.5. The summed E-state index contributed by atoms with van der Waals surface area (Å²) in [6.45, 7) is 17.1. The molecule has 102 valence electrons. The summed E-state index contributed by atoms with van der Waals surface area (Å²) in [5.74, 6) is 0.689. The minimum Gasteiger partial charge on any atom is -0.496 e. The lowest BCUT2D eigenvalue weighted by Crippen LogP contribution is -1.97. The molecule has 0 rings (SSSR count). The molecule has 0 amide bonds. The highest BCUT2D eigenvalue weighted by Gasteiger charge is 2.06. The third-order valence-electron chi connectivity index (χ3n) is 1.88. The van der Waals surface area contributed by atoms with Gasteiger partial charge in [-0.1, -0.05) is 44.2 Å². The molecule has 0 aliphatic carbocycles. The number of nitrogens with zero attached hydrogens (tertiary/aromatic N) is 1.